The molecule has 0 amide bonds. The molecule has 3 rings (SSSR count). The third-order valence-electron chi connectivity index (χ3n) is 4.62. The van der Waals surface area contributed by atoms with Crippen LogP contribution < -0.4 is 0 Å². The van der Waals surface area contributed by atoms with Crippen LogP contribution in [-0.4, -0.2) is 55.1 Å². The smallest absolute Gasteiger partial charge is 0.119 e. The van der Waals surface area contributed by atoms with Crippen LogP contribution in [0, 0.1) is 5.41 Å². The normalized spacial score (nSPS) is 28.5. The van der Waals surface area contributed by atoms with Crippen LogP contribution in [0.1, 0.15) is 30.0 Å². The van der Waals surface area contributed by atoms with Crippen molar-refractivity contribution in [2.45, 2.75) is 32.4 Å². The molecule has 0 N–H and O–H groups in total. The van der Waals surface area contributed by atoms with E-state index in [4.69, 9.17) is 4.74 Å². The van der Waals surface area contributed by atoms with Gasteiger partial charge in [0.1, 0.15) is 5.01 Å². The van der Waals surface area contributed by atoms with E-state index in [1.807, 2.05) is 0 Å². The molecular weight excluding hydrogens is 270 g/mol. The Morgan fingerprint density at radius 3 is 3.05 bits per heavy atom. The Labute approximate surface area is 125 Å². The van der Waals surface area contributed by atoms with Gasteiger partial charge >= 0.3 is 0 Å². The van der Waals surface area contributed by atoms with Crippen molar-refractivity contribution in [1.29, 1.82) is 0 Å². The number of aromatic nitrogens is 1. The number of nitrogens with zero attached hydrogens (tertiary/aromatic N) is 3. The average Bonchev–Trinajstić information content (AvgIpc) is 2.99. The maximum Gasteiger partial charge on any atom is 0.119 e. The lowest BCUT2D eigenvalue weighted by Gasteiger charge is -2.38. The lowest BCUT2D eigenvalue weighted by Crippen LogP contribution is -2.42. The molecule has 3 heterocycles. The highest BCUT2D eigenvalue weighted by Gasteiger charge is 2.40. The molecule has 2 fully saturated rings. The topological polar surface area (TPSA) is 28.6 Å². The Balaban J connectivity index is 1.56. The second-order valence-corrected chi connectivity index (χ2v) is 7.41. The van der Waals surface area contributed by atoms with Gasteiger partial charge in [-0.3, -0.25) is 4.90 Å². The minimum absolute atomic E-state index is 0.554. The summed E-state index contributed by atoms with van der Waals surface area (Å²) in [5.74, 6) is 0. The first kappa shape index (κ1) is 14.4. The van der Waals surface area contributed by atoms with E-state index >= 15 is 0 Å². The number of ether oxygens (including phenoxy) is 1. The molecule has 5 heteroatoms. The number of methoxy groups -OCH3 is 1. The van der Waals surface area contributed by atoms with Gasteiger partial charge in [-0.05, 0) is 44.8 Å². The van der Waals surface area contributed by atoms with Gasteiger partial charge in [0.25, 0.3) is 0 Å². The zero-order valence-electron chi connectivity index (χ0n) is 12.6. The second-order valence-electron chi connectivity index (χ2n) is 6.47. The van der Waals surface area contributed by atoms with Gasteiger partial charge in [0, 0.05) is 32.1 Å². The molecule has 20 heavy (non-hydrogen) atoms. The number of thiazole rings is 1. The van der Waals surface area contributed by atoms with Crippen molar-refractivity contribution < 1.29 is 4.74 Å². The minimum Gasteiger partial charge on any atom is -0.378 e. The quantitative estimate of drug-likeness (QED) is 0.851. The predicted octanol–water partition coefficient (Wildman–Crippen LogP) is 2.21. The van der Waals surface area contributed by atoms with Crippen LogP contribution in [0.5, 0.6) is 0 Å². The fraction of sp³-hybridized carbons (Fsp3) is 0.800. The fourth-order valence-corrected chi connectivity index (χ4v) is 4.55. The van der Waals surface area contributed by atoms with Crippen LogP contribution in [0.15, 0.2) is 5.38 Å². The Kier molecular flexibility index (Phi) is 4.40. The van der Waals surface area contributed by atoms with Gasteiger partial charge in [0.05, 0.1) is 12.3 Å². The highest BCUT2D eigenvalue weighted by molar-refractivity contribution is 7.09. The molecular formula is C15H25N3OS. The van der Waals surface area contributed by atoms with Crippen LogP contribution in [0.3, 0.4) is 0 Å². The van der Waals surface area contributed by atoms with Crippen LogP contribution in [0.2, 0.25) is 0 Å². The first-order chi connectivity index (χ1) is 9.69. The van der Waals surface area contributed by atoms with Crippen molar-refractivity contribution in [2.75, 3.05) is 40.3 Å². The van der Waals surface area contributed by atoms with E-state index in [2.05, 4.69) is 27.2 Å². The van der Waals surface area contributed by atoms with Crippen LogP contribution in [0.25, 0.3) is 0 Å². The van der Waals surface area contributed by atoms with Crippen molar-refractivity contribution in [3.63, 3.8) is 0 Å². The SMILES string of the molecule is COCc1nc(CN2CCC3(CCCN(C)C3)C2)cs1. The predicted molar refractivity (Wildman–Crippen MR) is 81.9 cm³/mol. The molecule has 0 saturated carbocycles. The summed E-state index contributed by atoms with van der Waals surface area (Å²) in [4.78, 5) is 9.75. The van der Waals surface area contributed by atoms with Crippen molar-refractivity contribution in [3.8, 4) is 0 Å². The zero-order valence-corrected chi connectivity index (χ0v) is 13.4. The summed E-state index contributed by atoms with van der Waals surface area (Å²) in [6.07, 6.45) is 4.12. The van der Waals surface area contributed by atoms with E-state index in [-0.39, 0.29) is 0 Å². The number of rotatable bonds is 4. The summed E-state index contributed by atoms with van der Waals surface area (Å²) in [5, 5.41) is 3.28. The van der Waals surface area contributed by atoms with E-state index in [0.717, 1.165) is 11.6 Å². The highest BCUT2D eigenvalue weighted by atomic mass is 32.1. The summed E-state index contributed by atoms with van der Waals surface area (Å²) in [6, 6.07) is 0. The number of hydrogen-bond donors (Lipinski definition) is 0. The summed E-state index contributed by atoms with van der Waals surface area (Å²) in [7, 11) is 3.99. The molecule has 2 aliphatic heterocycles. The first-order valence-electron chi connectivity index (χ1n) is 7.52. The Morgan fingerprint density at radius 2 is 2.25 bits per heavy atom. The van der Waals surface area contributed by atoms with Crippen molar-refractivity contribution in [3.05, 3.63) is 16.1 Å². The summed E-state index contributed by atoms with van der Waals surface area (Å²) in [6.45, 7) is 6.66. The van der Waals surface area contributed by atoms with Gasteiger partial charge in [-0.1, -0.05) is 0 Å². The third kappa shape index (κ3) is 3.22. The molecule has 1 spiro atoms. The molecule has 0 bridgehead atoms. The summed E-state index contributed by atoms with van der Waals surface area (Å²) < 4.78 is 5.14. The van der Waals surface area contributed by atoms with Gasteiger partial charge in [0.2, 0.25) is 0 Å². The van der Waals surface area contributed by atoms with E-state index in [0.29, 0.717) is 12.0 Å². The van der Waals surface area contributed by atoms with Crippen molar-refractivity contribution in [2.24, 2.45) is 5.41 Å². The van der Waals surface area contributed by atoms with Gasteiger partial charge in [-0.15, -0.1) is 11.3 Å². The Morgan fingerprint density at radius 1 is 1.35 bits per heavy atom. The second kappa shape index (κ2) is 6.10. The molecule has 112 valence electrons. The molecule has 1 unspecified atom stereocenters. The molecule has 0 aliphatic carbocycles. The van der Waals surface area contributed by atoms with Crippen molar-refractivity contribution in [1.82, 2.24) is 14.8 Å². The summed E-state index contributed by atoms with van der Waals surface area (Å²) >= 11 is 1.71. The van der Waals surface area contributed by atoms with E-state index in [9.17, 15) is 0 Å². The molecule has 2 aliphatic rings. The van der Waals surface area contributed by atoms with Gasteiger partial charge < -0.3 is 9.64 Å². The molecule has 1 aromatic rings. The summed E-state index contributed by atoms with van der Waals surface area (Å²) in [5.41, 5.74) is 1.77. The average molecular weight is 295 g/mol. The minimum atomic E-state index is 0.554. The molecule has 1 atom stereocenters. The monoisotopic (exact) mass is 295 g/mol. The Bertz CT molecular complexity index is 450. The molecule has 2 saturated heterocycles. The molecule has 4 nitrogen and oxygen atoms in total. The number of piperidine rings is 1. The molecule has 0 radical (unpaired) electrons. The van der Waals surface area contributed by atoms with E-state index < -0.39 is 0 Å². The maximum atomic E-state index is 5.14. The van der Waals surface area contributed by atoms with Crippen molar-refractivity contribution >= 4 is 11.3 Å². The fourth-order valence-electron chi connectivity index (χ4n) is 3.79. The lowest BCUT2D eigenvalue weighted by molar-refractivity contribution is 0.112. The van der Waals surface area contributed by atoms with E-state index in [1.165, 1.54) is 51.1 Å². The third-order valence-corrected chi connectivity index (χ3v) is 5.49. The van der Waals surface area contributed by atoms with Crippen LogP contribution >= 0.6 is 11.3 Å². The Hall–Kier alpha value is -0.490. The molecule has 1 aromatic heterocycles. The highest BCUT2D eigenvalue weighted by Crippen LogP contribution is 2.38. The zero-order chi connectivity index (χ0) is 14.0. The number of hydrogen-bond acceptors (Lipinski definition) is 5. The maximum absolute atomic E-state index is 5.14. The first-order valence-corrected chi connectivity index (χ1v) is 8.40. The molecule has 0 aromatic carbocycles. The van der Waals surface area contributed by atoms with Crippen LogP contribution in [-0.2, 0) is 17.9 Å². The standard InChI is InChI=1S/C15H25N3OS/c1-17-6-3-4-15(11-17)5-7-18(12-15)8-13-10-20-14(16-13)9-19-2/h10H,3-9,11-12H2,1-2H3. The van der Waals surface area contributed by atoms with E-state index in [1.54, 1.807) is 18.4 Å². The largest absolute Gasteiger partial charge is 0.378 e. The van der Waals surface area contributed by atoms with Gasteiger partial charge in [-0.25, -0.2) is 4.98 Å². The van der Waals surface area contributed by atoms with Gasteiger partial charge in [0.15, 0.2) is 0 Å². The van der Waals surface area contributed by atoms with Crippen LogP contribution in [0.4, 0.5) is 0 Å². The van der Waals surface area contributed by atoms with Gasteiger partial charge in [-0.2, -0.15) is 0 Å². The lowest BCUT2D eigenvalue weighted by atomic mass is 9.79. The number of likely N-dealkylation sites (tertiary alicyclic amines) is 2.